The topological polar surface area (TPSA) is 88.1 Å². The fraction of sp³-hybridized carbons (Fsp3) is 0.579. The van der Waals surface area contributed by atoms with Crippen molar-refractivity contribution in [3.63, 3.8) is 0 Å². The number of hydrogen-bond acceptors (Lipinski definition) is 6. The fourth-order valence-electron chi connectivity index (χ4n) is 2.96. The van der Waals surface area contributed by atoms with Gasteiger partial charge in [-0.05, 0) is 32.2 Å². The summed E-state index contributed by atoms with van der Waals surface area (Å²) in [5.41, 5.74) is 0.652. The van der Waals surface area contributed by atoms with Gasteiger partial charge in [0.2, 0.25) is 10.0 Å². The molecule has 0 bridgehead atoms. The predicted octanol–water partition coefficient (Wildman–Crippen LogP) is 0.673. The first-order valence-electron chi connectivity index (χ1n) is 8.91. The lowest BCUT2D eigenvalue weighted by Gasteiger charge is -2.36. The zero-order chi connectivity index (χ0) is 20.0. The van der Waals surface area contributed by atoms with Gasteiger partial charge < -0.3 is 19.9 Å². The van der Waals surface area contributed by atoms with E-state index in [0.29, 0.717) is 12.1 Å². The number of rotatable bonds is 5. The van der Waals surface area contributed by atoms with E-state index in [-0.39, 0.29) is 42.4 Å². The minimum absolute atomic E-state index is 0.0717. The summed E-state index contributed by atoms with van der Waals surface area (Å²) < 4.78 is 38.8. The molecule has 0 saturated carbocycles. The molecule has 1 aromatic carbocycles. The van der Waals surface area contributed by atoms with Crippen molar-refractivity contribution in [1.82, 2.24) is 9.62 Å². The Morgan fingerprint density at radius 1 is 1.48 bits per heavy atom. The highest BCUT2D eigenvalue weighted by atomic mass is 32.2. The molecule has 3 atom stereocenters. The van der Waals surface area contributed by atoms with Crippen LogP contribution in [0.25, 0.3) is 0 Å². The van der Waals surface area contributed by atoms with Crippen LogP contribution in [-0.2, 0) is 14.8 Å². The van der Waals surface area contributed by atoms with Gasteiger partial charge >= 0.3 is 0 Å². The monoisotopic (exact) mass is 396 g/mol. The van der Waals surface area contributed by atoms with Crippen LogP contribution in [-0.4, -0.2) is 70.4 Å². The molecule has 2 N–H and O–H groups in total. The smallest absolute Gasteiger partial charge is 0.247 e. The summed E-state index contributed by atoms with van der Waals surface area (Å²) in [5, 5.41) is 12.7. The number of aliphatic hydroxyl groups is 1. The van der Waals surface area contributed by atoms with Crippen LogP contribution in [0.15, 0.2) is 23.1 Å². The second-order valence-electron chi connectivity index (χ2n) is 6.69. The van der Waals surface area contributed by atoms with Crippen LogP contribution in [0.1, 0.15) is 19.4 Å². The number of fused-ring (bicyclic) bond motifs is 1. The molecular formula is C19H28N2O5S. The number of hydrogen-bond donors (Lipinski definition) is 2. The number of ether oxygens (including phenoxy) is 2. The van der Waals surface area contributed by atoms with Gasteiger partial charge in [-0.25, -0.2) is 8.42 Å². The molecule has 1 aliphatic rings. The van der Waals surface area contributed by atoms with Gasteiger partial charge in [-0.15, -0.1) is 0 Å². The molecule has 0 spiro atoms. The van der Waals surface area contributed by atoms with Crippen LogP contribution in [0.3, 0.4) is 0 Å². The average molecular weight is 397 g/mol. The second kappa shape index (κ2) is 9.53. The van der Waals surface area contributed by atoms with E-state index in [4.69, 9.17) is 9.47 Å². The zero-order valence-corrected chi connectivity index (χ0v) is 17.0. The van der Waals surface area contributed by atoms with Gasteiger partial charge in [0.1, 0.15) is 23.4 Å². The lowest BCUT2D eigenvalue weighted by atomic mass is 10.0. The summed E-state index contributed by atoms with van der Waals surface area (Å²) in [4.78, 5) is 0.0908. The average Bonchev–Trinajstić information content (AvgIpc) is 2.64. The molecule has 2 rings (SSSR count). The number of sulfonamides is 1. The van der Waals surface area contributed by atoms with E-state index in [1.807, 2.05) is 14.0 Å². The number of benzene rings is 1. The van der Waals surface area contributed by atoms with Crippen LogP contribution < -0.4 is 10.1 Å². The third kappa shape index (κ3) is 5.00. The van der Waals surface area contributed by atoms with Crippen molar-refractivity contribution in [3.05, 3.63) is 23.8 Å². The molecule has 0 fully saturated rings. The van der Waals surface area contributed by atoms with Crippen molar-refractivity contribution in [2.45, 2.75) is 30.9 Å². The molecule has 0 saturated heterocycles. The van der Waals surface area contributed by atoms with Gasteiger partial charge in [-0.1, -0.05) is 18.8 Å². The van der Waals surface area contributed by atoms with Crippen molar-refractivity contribution in [1.29, 1.82) is 0 Å². The SMILES string of the molecule is CNC[C@@H]1Oc2cc(C#CCOC)ccc2S(=O)(=O)N([C@H](C)CO)C[C@H]1C. The summed E-state index contributed by atoms with van der Waals surface area (Å²) in [5.74, 6) is 6.01. The van der Waals surface area contributed by atoms with Gasteiger partial charge in [0.15, 0.2) is 0 Å². The lowest BCUT2D eigenvalue weighted by molar-refractivity contribution is 0.103. The Morgan fingerprint density at radius 2 is 2.22 bits per heavy atom. The molecule has 1 aliphatic heterocycles. The van der Waals surface area contributed by atoms with E-state index in [9.17, 15) is 13.5 Å². The summed E-state index contributed by atoms with van der Waals surface area (Å²) in [7, 11) is -0.424. The second-order valence-corrected chi connectivity index (χ2v) is 8.55. The Kier molecular flexibility index (Phi) is 7.65. The Morgan fingerprint density at radius 3 is 2.85 bits per heavy atom. The van der Waals surface area contributed by atoms with Crippen molar-refractivity contribution in [3.8, 4) is 17.6 Å². The van der Waals surface area contributed by atoms with E-state index >= 15 is 0 Å². The first-order chi connectivity index (χ1) is 12.8. The fourth-order valence-corrected chi connectivity index (χ4v) is 4.78. The molecule has 0 aromatic heterocycles. The van der Waals surface area contributed by atoms with Gasteiger partial charge in [-0.3, -0.25) is 0 Å². The van der Waals surface area contributed by atoms with E-state index in [0.717, 1.165) is 0 Å². The molecule has 150 valence electrons. The molecule has 0 aliphatic carbocycles. The number of nitrogens with one attached hydrogen (secondary N) is 1. The summed E-state index contributed by atoms with van der Waals surface area (Å²) in [6.07, 6.45) is -0.222. The van der Waals surface area contributed by atoms with Crippen molar-refractivity contribution in [2.24, 2.45) is 5.92 Å². The van der Waals surface area contributed by atoms with Crippen LogP contribution >= 0.6 is 0 Å². The summed E-state index contributed by atoms with van der Waals surface area (Å²) in [6.45, 7) is 4.52. The van der Waals surface area contributed by atoms with Crippen LogP contribution in [0, 0.1) is 17.8 Å². The quantitative estimate of drug-likeness (QED) is 0.712. The summed E-state index contributed by atoms with van der Waals surface area (Å²) in [6, 6.07) is 4.30. The Balaban J connectivity index is 2.56. The van der Waals surface area contributed by atoms with Gasteiger partial charge in [-0.2, -0.15) is 4.31 Å². The predicted molar refractivity (Wildman–Crippen MR) is 103 cm³/mol. The standard InChI is InChI=1S/C19H28N2O5S/c1-14-12-21(15(2)13-22)27(23,24)19-8-7-16(6-5-9-25-4)10-17(19)26-18(14)11-20-3/h7-8,10,14-15,18,20,22H,9,11-13H2,1-4H3/t14-,15-,18+/m1/s1. The molecule has 7 nitrogen and oxygen atoms in total. The van der Waals surface area contributed by atoms with Crippen LogP contribution in [0.2, 0.25) is 0 Å². The first kappa shape index (κ1) is 21.7. The van der Waals surface area contributed by atoms with E-state index in [2.05, 4.69) is 17.2 Å². The summed E-state index contributed by atoms with van der Waals surface area (Å²) >= 11 is 0. The van der Waals surface area contributed by atoms with Crippen molar-refractivity contribution < 1.29 is 23.0 Å². The Hall–Kier alpha value is -1.63. The molecule has 0 amide bonds. The molecule has 27 heavy (non-hydrogen) atoms. The highest BCUT2D eigenvalue weighted by Gasteiger charge is 2.37. The Labute approximate surface area is 161 Å². The maximum Gasteiger partial charge on any atom is 0.247 e. The number of likely N-dealkylation sites (N-methyl/N-ethyl adjacent to an activating group) is 1. The minimum Gasteiger partial charge on any atom is -0.487 e. The third-order valence-corrected chi connectivity index (χ3v) is 6.54. The number of methoxy groups -OCH3 is 1. The highest BCUT2D eigenvalue weighted by molar-refractivity contribution is 7.89. The number of aliphatic hydroxyl groups excluding tert-OH is 1. The molecule has 1 aromatic rings. The molecule has 0 unspecified atom stereocenters. The van der Waals surface area contributed by atoms with Crippen molar-refractivity contribution >= 4 is 10.0 Å². The lowest BCUT2D eigenvalue weighted by Crippen LogP contribution is -2.49. The molecule has 0 radical (unpaired) electrons. The molecular weight excluding hydrogens is 368 g/mol. The van der Waals surface area contributed by atoms with E-state index in [1.54, 1.807) is 26.2 Å². The highest BCUT2D eigenvalue weighted by Crippen LogP contribution is 2.33. The van der Waals surface area contributed by atoms with Crippen LogP contribution in [0.5, 0.6) is 5.75 Å². The Bertz CT molecular complexity index is 800. The third-order valence-electron chi connectivity index (χ3n) is 4.52. The maximum atomic E-state index is 13.2. The number of nitrogens with zero attached hydrogens (tertiary/aromatic N) is 1. The first-order valence-corrected chi connectivity index (χ1v) is 10.3. The van der Waals surface area contributed by atoms with Gasteiger partial charge in [0.05, 0.1) is 6.61 Å². The largest absolute Gasteiger partial charge is 0.487 e. The molecule has 8 heteroatoms. The maximum absolute atomic E-state index is 13.2. The van der Waals surface area contributed by atoms with E-state index < -0.39 is 16.1 Å². The minimum atomic E-state index is -3.81. The van der Waals surface area contributed by atoms with E-state index in [1.165, 1.54) is 10.4 Å². The molecule has 1 heterocycles. The van der Waals surface area contributed by atoms with Crippen LogP contribution in [0.4, 0.5) is 0 Å². The normalized spacial score (nSPS) is 23.1. The van der Waals surface area contributed by atoms with Crippen molar-refractivity contribution in [2.75, 3.05) is 40.5 Å². The van der Waals surface area contributed by atoms with Gasteiger partial charge in [0.25, 0.3) is 0 Å². The van der Waals surface area contributed by atoms with Gasteiger partial charge in [0, 0.05) is 37.7 Å². The zero-order valence-electron chi connectivity index (χ0n) is 16.2.